The van der Waals surface area contributed by atoms with Crippen LogP contribution in [0.25, 0.3) is 11.0 Å². The van der Waals surface area contributed by atoms with E-state index in [2.05, 4.69) is 35.6 Å². The maximum absolute atomic E-state index is 4.70. The molecule has 4 heteroatoms. The van der Waals surface area contributed by atoms with E-state index in [9.17, 15) is 0 Å². The lowest BCUT2D eigenvalue weighted by atomic mass is 10.1. The van der Waals surface area contributed by atoms with Gasteiger partial charge in [0, 0.05) is 25.2 Å². The molecule has 0 aliphatic carbocycles. The minimum absolute atomic E-state index is 0.419. The van der Waals surface area contributed by atoms with Gasteiger partial charge in [0.05, 0.1) is 11.7 Å². The monoisotopic (exact) mass is 232 g/mol. The van der Waals surface area contributed by atoms with Crippen LogP contribution in [0, 0.1) is 0 Å². The molecule has 92 valence electrons. The summed E-state index contributed by atoms with van der Waals surface area (Å²) in [5.41, 5.74) is 2.17. The topological polar surface area (TPSA) is 42.7 Å². The Morgan fingerprint density at radius 3 is 2.94 bits per heavy atom. The van der Waals surface area contributed by atoms with Crippen molar-refractivity contribution < 1.29 is 0 Å². The van der Waals surface area contributed by atoms with Crippen LogP contribution in [0.1, 0.15) is 32.5 Å². The van der Waals surface area contributed by atoms with Crippen molar-refractivity contribution >= 4 is 11.0 Å². The summed E-state index contributed by atoms with van der Waals surface area (Å²) in [4.78, 5) is 8.83. The number of nitrogens with zero attached hydrogens (tertiary/aromatic N) is 3. The number of hydrogen-bond acceptors (Lipinski definition) is 3. The molecule has 2 rings (SSSR count). The molecule has 2 heterocycles. The smallest absolute Gasteiger partial charge is 0.114 e. The Morgan fingerprint density at radius 1 is 1.41 bits per heavy atom. The largest absolute Gasteiger partial charge is 0.328 e. The Balaban J connectivity index is 2.38. The number of hydrogen-bond donors (Lipinski definition) is 1. The van der Waals surface area contributed by atoms with E-state index in [4.69, 9.17) is 4.98 Å². The number of pyridine rings is 1. The molecule has 2 aromatic heterocycles. The SMILES string of the molecule is CCNCC(C)c1nc2cnccc2n1CC. The van der Waals surface area contributed by atoms with Crippen molar-refractivity contribution in [1.29, 1.82) is 0 Å². The first-order valence-electron chi connectivity index (χ1n) is 6.28. The second-order valence-corrected chi connectivity index (χ2v) is 4.29. The number of likely N-dealkylation sites (N-methyl/N-ethyl adjacent to an activating group) is 1. The summed E-state index contributed by atoms with van der Waals surface area (Å²) in [5.74, 6) is 1.57. The zero-order valence-corrected chi connectivity index (χ0v) is 10.8. The molecule has 17 heavy (non-hydrogen) atoms. The standard InChI is InChI=1S/C13H20N4/c1-4-14-8-10(3)13-16-11-9-15-7-6-12(11)17(13)5-2/h6-7,9-10,14H,4-5,8H2,1-3H3. The normalized spacial score (nSPS) is 13.1. The highest BCUT2D eigenvalue weighted by atomic mass is 15.1. The fraction of sp³-hybridized carbons (Fsp3) is 0.538. The zero-order chi connectivity index (χ0) is 12.3. The summed E-state index contributed by atoms with van der Waals surface area (Å²) in [7, 11) is 0. The van der Waals surface area contributed by atoms with Gasteiger partial charge >= 0.3 is 0 Å². The van der Waals surface area contributed by atoms with Crippen molar-refractivity contribution in [2.24, 2.45) is 0 Å². The van der Waals surface area contributed by atoms with Crippen LogP contribution in [0.5, 0.6) is 0 Å². The van der Waals surface area contributed by atoms with Crippen LogP contribution < -0.4 is 5.32 Å². The third-order valence-corrected chi connectivity index (χ3v) is 3.04. The predicted octanol–water partition coefficient (Wildman–Crippen LogP) is 2.16. The third-order valence-electron chi connectivity index (χ3n) is 3.04. The Hall–Kier alpha value is -1.42. The molecule has 1 atom stereocenters. The van der Waals surface area contributed by atoms with E-state index in [1.807, 2.05) is 18.5 Å². The van der Waals surface area contributed by atoms with E-state index in [1.165, 1.54) is 5.52 Å². The van der Waals surface area contributed by atoms with Gasteiger partial charge in [-0.05, 0) is 19.5 Å². The molecule has 0 saturated carbocycles. The van der Waals surface area contributed by atoms with Crippen molar-refractivity contribution in [2.75, 3.05) is 13.1 Å². The zero-order valence-electron chi connectivity index (χ0n) is 10.8. The molecule has 1 N–H and O–H groups in total. The molecule has 0 saturated heterocycles. The highest BCUT2D eigenvalue weighted by Crippen LogP contribution is 2.20. The van der Waals surface area contributed by atoms with Gasteiger partial charge in [-0.3, -0.25) is 4.98 Å². The first kappa shape index (κ1) is 12.0. The fourth-order valence-corrected chi connectivity index (χ4v) is 2.16. The molecule has 0 radical (unpaired) electrons. The highest BCUT2D eigenvalue weighted by molar-refractivity contribution is 5.74. The minimum Gasteiger partial charge on any atom is -0.328 e. The van der Waals surface area contributed by atoms with Gasteiger partial charge in [0.1, 0.15) is 11.3 Å². The summed E-state index contributed by atoms with van der Waals surface area (Å²) in [6, 6.07) is 2.04. The number of aryl methyl sites for hydroxylation is 1. The van der Waals surface area contributed by atoms with Gasteiger partial charge in [-0.2, -0.15) is 0 Å². The Bertz CT molecular complexity index is 489. The number of aromatic nitrogens is 3. The first-order chi connectivity index (χ1) is 8.27. The quantitative estimate of drug-likeness (QED) is 0.859. The van der Waals surface area contributed by atoms with Gasteiger partial charge in [-0.25, -0.2) is 4.98 Å². The Morgan fingerprint density at radius 2 is 2.24 bits per heavy atom. The Labute approximate surface area is 102 Å². The molecule has 4 nitrogen and oxygen atoms in total. The summed E-state index contributed by atoms with van der Waals surface area (Å²) >= 11 is 0. The van der Waals surface area contributed by atoms with Crippen LogP contribution in [0.4, 0.5) is 0 Å². The molecule has 0 amide bonds. The van der Waals surface area contributed by atoms with E-state index in [1.54, 1.807) is 0 Å². The number of nitrogens with one attached hydrogen (secondary N) is 1. The van der Waals surface area contributed by atoms with E-state index in [-0.39, 0.29) is 0 Å². The fourth-order valence-electron chi connectivity index (χ4n) is 2.16. The van der Waals surface area contributed by atoms with E-state index < -0.39 is 0 Å². The minimum atomic E-state index is 0.419. The lowest BCUT2D eigenvalue weighted by molar-refractivity contribution is 0.577. The predicted molar refractivity (Wildman–Crippen MR) is 70.2 cm³/mol. The highest BCUT2D eigenvalue weighted by Gasteiger charge is 2.15. The van der Waals surface area contributed by atoms with Gasteiger partial charge in [0.2, 0.25) is 0 Å². The molecule has 0 aliphatic rings. The van der Waals surface area contributed by atoms with Gasteiger partial charge in [0.25, 0.3) is 0 Å². The van der Waals surface area contributed by atoms with Gasteiger partial charge in [-0.1, -0.05) is 13.8 Å². The van der Waals surface area contributed by atoms with E-state index in [0.717, 1.165) is 31.0 Å². The second-order valence-electron chi connectivity index (χ2n) is 4.29. The lowest BCUT2D eigenvalue weighted by Gasteiger charge is -2.13. The number of fused-ring (bicyclic) bond motifs is 1. The van der Waals surface area contributed by atoms with Crippen molar-refractivity contribution in [1.82, 2.24) is 19.9 Å². The number of imidazole rings is 1. The summed E-state index contributed by atoms with van der Waals surface area (Å²) in [6.07, 6.45) is 3.67. The van der Waals surface area contributed by atoms with Crippen LogP contribution in [-0.4, -0.2) is 27.6 Å². The van der Waals surface area contributed by atoms with Crippen LogP contribution >= 0.6 is 0 Å². The van der Waals surface area contributed by atoms with E-state index >= 15 is 0 Å². The van der Waals surface area contributed by atoms with Crippen LogP contribution in [0.15, 0.2) is 18.5 Å². The summed E-state index contributed by atoms with van der Waals surface area (Å²) in [5, 5.41) is 3.37. The first-order valence-corrected chi connectivity index (χ1v) is 6.28. The number of rotatable bonds is 5. The van der Waals surface area contributed by atoms with Crippen molar-refractivity contribution in [3.8, 4) is 0 Å². The summed E-state index contributed by atoms with van der Waals surface area (Å²) in [6.45, 7) is 9.41. The van der Waals surface area contributed by atoms with Crippen LogP contribution in [0.2, 0.25) is 0 Å². The molecule has 0 aromatic carbocycles. The molecule has 1 unspecified atom stereocenters. The molecule has 0 aliphatic heterocycles. The Kier molecular flexibility index (Phi) is 3.74. The van der Waals surface area contributed by atoms with Crippen molar-refractivity contribution in [3.05, 3.63) is 24.3 Å². The average Bonchev–Trinajstić information content (AvgIpc) is 2.74. The van der Waals surface area contributed by atoms with Crippen LogP contribution in [0.3, 0.4) is 0 Å². The van der Waals surface area contributed by atoms with Crippen LogP contribution in [-0.2, 0) is 6.54 Å². The average molecular weight is 232 g/mol. The maximum atomic E-state index is 4.70. The van der Waals surface area contributed by atoms with Gasteiger partial charge in [0.15, 0.2) is 0 Å². The molecule has 0 spiro atoms. The van der Waals surface area contributed by atoms with Gasteiger partial charge < -0.3 is 9.88 Å². The third kappa shape index (κ3) is 2.31. The summed E-state index contributed by atoms with van der Waals surface area (Å²) < 4.78 is 2.28. The molecular weight excluding hydrogens is 212 g/mol. The molecule has 0 bridgehead atoms. The van der Waals surface area contributed by atoms with E-state index in [0.29, 0.717) is 5.92 Å². The molecule has 2 aromatic rings. The molecular formula is C13H20N4. The van der Waals surface area contributed by atoms with Gasteiger partial charge in [-0.15, -0.1) is 0 Å². The van der Waals surface area contributed by atoms with Crippen molar-refractivity contribution in [2.45, 2.75) is 33.2 Å². The molecule has 0 fully saturated rings. The maximum Gasteiger partial charge on any atom is 0.114 e. The second kappa shape index (κ2) is 5.27. The lowest BCUT2D eigenvalue weighted by Crippen LogP contribution is -2.21. The van der Waals surface area contributed by atoms with Crippen molar-refractivity contribution in [3.63, 3.8) is 0 Å².